The summed E-state index contributed by atoms with van der Waals surface area (Å²) in [6.07, 6.45) is 1.54. The van der Waals surface area contributed by atoms with E-state index < -0.39 is 28.3 Å². The van der Waals surface area contributed by atoms with Crippen LogP contribution in [0.4, 0.5) is 10.1 Å². The average molecular weight is 533 g/mol. The molecule has 0 atom stereocenters. The van der Waals surface area contributed by atoms with Crippen LogP contribution < -0.4 is 9.73 Å². The number of halogens is 1. The Labute approximate surface area is 222 Å². The van der Waals surface area contributed by atoms with E-state index in [1.807, 2.05) is 58.0 Å². The van der Waals surface area contributed by atoms with Gasteiger partial charge in [-0.1, -0.05) is 35.9 Å². The Bertz CT molecular complexity index is 1590. The molecule has 0 aliphatic heterocycles. The highest BCUT2D eigenvalue weighted by atomic mass is 32.2. The highest BCUT2D eigenvalue weighted by molar-refractivity contribution is 7.92. The lowest BCUT2D eigenvalue weighted by Gasteiger charge is -2.23. The molecule has 196 valence electrons. The molecule has 0 unspecified atom stereocenters. The molecule has 0 radical (unpaired) electrons. The van der Waals surface area contributed by atoms with Crippen molar-refractivity contribution in [2.24, 2.45) is 5.10 Å². The number of aryl methyl sites for hydroxylation is 3. The van der Waals surface area contributed by atoms with Gasteiger partial charge in [-0.15, -0.1) is 0 Å². The van der Waals surface area contributed by atoms with Gasteiger partial charge in [0.15, 0.2) is 0 Å². The lowest BCUT2D eigenvalue weighted by molar-refractivity contribution is -0.119. The van der Waals surface area contributed by atoms with Crippen LogP contribution in [0.3, 0.4) is 0 Å². The summed E-state index contributed by atoms with van der Waals surface area (Å²) in [6, 6.07) is 21.2. The van der Waals surface area contributed by atoms with Crippen LogP contribution in [0.1, 0.15) is 28.1 Å². The lowest BCUT2D eigenvalue weighted by Crippen LogP contribution is -2.39. The summed E-state index contributed by atoms with van der Waals surface area (Å²) in [4.78, 5) is 12.7. The number of nitrogens with zero attached hydrogens (tertiary/aromatic N) is 3. The van der Waals surface area contributed by atoms with E-state index >= 15 is 0 Å². The summed E-state index contributed by atoms with van der Waals surface area (Å²) >= 11 is 0. The van der Waals surface area contributed by atoms with Gasteiger partial charge in [0.05, 0.1) is 16.8 Å². The number of para-hydroxylation sites is 1. The Morgan fingerprint density at radius 1 is 0.974 bits per heavy atom. The first-order valence-electron chi connectivity index (χ1n) is 12.0. The van der Waals surface area contributed by atoms with Crippen LogP contribution in [0, 0.1) is 33.5 Å². The molecule has 4 aromatic rings. The molecule has 1 aromatic heterocycles. The predicted octanol–water partition coefficient (Wildman–Crippen LogP) is 5.20. The second kappa shape index (κ2) is 11.0. The van der Waals surface area contributed by atoms with Crippen LogP contribution in [-0.4, -0.2) is 31.7 Å². The number of hydrogen-bond donors (Lipinski definition) is 1. The third kappa shape index (κ3) is 5.68. The Hall–Kier alpha value is -4.24. The summed E-state index contributed by atoms with van der Waals surface area (Å²) in [5.74, 6) is -1.18. The summed E-state index contributed by atoms with van der Waals surface area (Å²) in [7, 11) is -4.15. The van der Waals surface area contributed by atoms with Crippen molar-refractivity contribution >= 4 is 27.8 Å². The summed E-state index contributed by atoms with van der Waals surface area (Å²) in [5.41, 5.74) is 8.66. The summed E-state index contributed by atoms with van der Waals surface area (Å²) < 4.78 is 43.3. The van der Waals surface area contributed by atoms with Gasteiger partial charge in [-0.3, -0.25) is 9.10 Å². The van der Waals surface area contributed by atoms with Gasteiger partial charge in [0, 0.05) is 22.6 Å². The van der Waals surface area contributed by atoms with Crippen LogP contribution in [-0.2, 0) is 14.8 Å². The van der Waals surface area contributed by atoms with E-state index in [0.29, 0.717) is 5.69 Å². The molecule has 7 nitrogen and oxygen atoms in total. The maximum atomic E-state index is 13.4. The van der Waals surface area contributed by atoms with E-state index in [2.05, 4.69) is 15.1 Å². The number of hydrogen-bond acceptors (Lipinski definition) is 4. The molecule has 38 heavy (non-hydrogen) atoms. The molecule has 1 amide bonds. The van der Waals surface area contributed by atoms with Crippen molar-refractivity contribution in [3.63, 3.8) is 0 Å². The molecule has 0 aliphatic rings. The smallest absolute Gasteiger partial charge is 0.264 e. The molecular weight excluding hydrogens is 503 g/mol. The zero-order valence-corrected chi connectivity index (χ0v) is 22.5. The number of carbonyl (C=O) groups excluding carboxylic acids is 1. The van der Waals surface area contributed by atoms with Crippen LogP contribution in [0.2, 0.25) is 0 Å². The third-order valence-corrected chi connectivity index (χ3v) is 8.02. The van der Waals surface area contributed by atoms with Gasteiger partial charge >= 0.3 is 0 Å². The molecule has 0 fully saturated rings. The molecule has 1 N–H and O–H groups in total. The Morgan fingerprint density at radius 3 is 2.29 bits per heavy atom. The van der Waals surface area contributed by atoms with Crippen LogP contribution in [0.5, 0.6) is 0 Å². The number of benzene rings is 3. The maximum absolute atomic E-state index is 13.4. The van der Waals surface area contributed by atoms with E-state index in [0.717, 1.165) is 50.2 Å². The van der Waals surface area contributed by atoms with Crippen molar-refractivity contribution in [1.82, 2.24) is 9.99 Å². The van der Waals surface area contributed by atoms with E-state index in [1.54, 1.807) is 30.5 Å². The van der Waals surface area contributed by atoms with E-state index in [1.165, 1.54) is 12.1 Å². The number of carbonyl (C=O) groups is 1. The van der Waals surface area contributed by atoms with Crippen molar-refractivity contribution in [3.8, 4) is 5.69 Å². The number of nitrogens with one attached hydrogen (secondary N) is 1. The number of anilines is 1. The van der Waals surface area contributed by atoms with Gasteiger partial charge in [-0.25, -0.2) is 18.2 Å². The normalized spacial score (nSPS) is 11.6. The van der Waals surface area contributed by atoms with Gasteiger partial charge in [0.2, 0.25) is 0 Å². The Morgan fingerprint density at radius 2 is 1.63 bits per heavy atom. The standard InChI is InChI=1S/C29H29FN4O3S/c1-20-9-13-26(14-10-20)33(38(36,37)27-15-11-25(30)12-16-27)19-29(35)32-31-18-24-17-22(3)34(23(24)4)28-8-6-5-7-21(28)2/h5-18H,19H2,1-4H3,(H,32,35)/b31-18-. The first kappa shape index (κ1) is 26.8. The van der Waals surface area contributed by atoms with Crippen molar-refractivity contribution in [1.29, 1.82) is 0 Å². The molecular formula is C29H29FN4O3S. The predicted molar refractivity (Wildman–Crippen MR) is 148 cm³/mol. The van der Waals surface area contributed by atoms with Crippen LogP contribution >= 0.6 is 0 Å². The van der Waals surface area contributed by atoms with Crippen LogP contribution in [0.25, 0.3) is 5.69 Å². The van der Waals surface area contributed by atoms with Crippen molar-refractivity contribution < 1.29 is 17.6 Å². The highest BCUT2D eigenvalue weighted by Crippen LogP contribution is 2.25. The highest BCUT2D eigenvalue weighted by Gasteiger charge is 2.27. The van der Waals surface area contributed by atoms with Crippen molar-refractivity contribution in [2.75, 3.05) is 10.8 Å². The minimum absolute atomic E-state index is 0.126. The first-order chi connectivity index (χ1) is 18.1. The monoisotopic (exact) mass is 532 g/mol. The number of hydrazone groups is 1. The molecule has 0 saturated heterocycles. The maximum Gasteiger partial charge on any atom is 0.264 e. The van der Waals surface area contributed by atoms with Crippen molar-refractivity contribution in [3.05, 3.63) is 113 Å². The topological polar surface area (TPSA) is 83.8 Å². The summed E-state index contributed by atoms with van der Waals surface area (Å²) in [6.45, 7) is 7.37. The Balaban J connectivity index is 1.56. The molecule has 0 saturated carbocycles. The average Bonchev–Trinajstić information content (AvgIpc) is 3.16. The van der Waals surface area contributed by atoms with E-state index in [-0.39, 0.29) is 4.90 Å². The number of rotatable bonds is 8. The van der Waals surface area contributed by atoms with Crippen molar-refractivity contribution in [2.45, 2.75) is 32.6 Å². The molecule has 0 spiro atoms. The molecule has 4 rings (SSSR count). The number of aromatic nitrogens is 1. The largest absolute Gasteiger partial charge is 0.318 e. The van der Waals surface area contributed by atoms with E-state index in [9.17, 15) is 17.6 Å². The first-order valence-corrected chi connectivity index (χ1v) is 13.4. The minimum atomic E-state index is -4.15. The van der Waals surface area contributed by atoms with Gasteiger partial charge in [0.25, 0.3) is 15.9 Å². The second-order valence-corrected chi connectivity index (χ2v) is 10.9. The minimum Gasteiger partial charge on any atom is -0.318 e. The van der Waals surface area contributed by atoms with Crippen LogP contribution in [0.15, 0.2) is 88.9 Å². The zero-order chi connectivity index (χ0) is 27.4. The van der Waals surface area contributed by atoms with Gasteiger partial charge < -0.3 is 4.57 Å². The Kier molecular flexibility index (Phi) is 7.78. The summed E-state index contributed by atoms with van der Waals surface area (Å²) in [5, 5.41) is 4.09. The number of amides is 1. The molecule has 0 aliphatic carbocycles. The molecule has 9 heteroatoms. The third-order valence-electron chi connectivity index (χ3n) is 6.23. The zero-order valence-electron chi connectivity index (χ0n) is 21.6. The fraction of sp³-hybridized carbons (Fsp3) is 0.172. The number of sulfonamides is 1. The van der Waals surface area contributed by atoms with E-state index in [4.69, 9.17) is 0 Å². The lowest BCUT2D eigenvalue weighted by atomic mass is 10.2. The van der Waals surface area contributed by atoms with Gasteiger partial charge in [0.1, 0.15) is 12.4 Å². The fourth-order valence-electron chi connectivity index (χ4n) is 4.20. The molecule has 3 aromatic carbocycles. The SMILES string of the molecule is Cc1ccc(N(CC(=O)N/N=C\c2cc(C)n(-c3ccccc3C)c2C)S(=O)(=O)c2ccc(F)cc2)cc1. The molecule has 1 heterocycles. The quantitative estimate of drug-likeness (QED) is 0.250. The fourth-order valence-corrected chi connectivity index (χ4v) is 5.62. The van der Waals surface area contributed by atoms with Gasteiger partial charge in [-0.2, -0.15) is 5.10 Å². The second-order valence-electron chi connectivity index (χ2n) is 9.04. The van der Waals surface area contributed by atoms with Gasteiger partial charge in [-0.05, 0) is 81.8 Å². The molecule has 0 bridgehead atoms.